The van der Waals surface area contributed by atoms with Gasteiger partial charge >= 0.3 is 18.0 Å². The number of allylic oxidation sites excluding steroid dienone is 3. The Bertz CT molecular complexity index is 1840. The van der Waals surface area contributed by atoms with E-state index in [0.717, 1.165) is 69.0 Å². The number of cyclic esters (lactones) is 1. The average molecular weight is 834 g/mol. The largest absolute Gasteiger partial charge is 0.462 e. The number of urea groups is 1. The van der Waals surface area contributed by atoms with E-state index < -0.39 is 28.6 Å². The number of hydrogen-bond donors (Lipinski definition) is 1. The van der Waals surface area contributed by atoms with Crippen molar-refractivity contribution >= 4 is 41.6 Å². The zero-order chi connectivity index (χ0) is 43.5. The molecule has 2 aliphatic carbocycles. The molecule has 0 saturated carbocycles. The fraction of sp³-hybridized carbons (Fsp3) is 0.659. The smallest absolute Gasteiger partial charge is 0.328 e. The van der Waals surface area contributed by atoms with Gasteiger partial charge in [0.1, 0.15) is 12.2 Å². The Morgan fingerprint density at radius 3 is 2.38 bits per heavy atom. The molecule has 1 N–H and O–H groups in total. The van der Waals surface area contributed by atoms with E-state index in [1.165, 1.54) is 29.7 Å². The van der Waals surface area contributed by atoms with Crippen molar-refractivity contribution < 1.29 is 38.7 Å². The number of ether oxygens (including phenoxy) is 2. The van der Waals surface area contributed by atoms with Crippen LogP contribution in [0, 0.1) is 39.2 Å². The first-order valence-corrected chi connectivity index (χ1v) is 21.5. The first kappa shape index (κ1) is 44.7. The molecule has 3 saturated heterocycles. The van der Waals surface area contributed by atoms with E-state index in [1.54, 1.807) is 25.5 Å². The predicted octanol–water partition coefficient (Wildman–Crippen LogP) is 4.86. The molecule has 3 fully saturated rings. The molecule has 1 aromatic rings. The van der Waals surface area contributed by atoms with E-state index in [9.17, 15) is 34.4 Å². The summed E-state index contributed by atoms with van der Waals surface area (Å²) in [5.41, 5.74) is 1.86. The van der Waals surface area contributed by atoms with Crippen LogP contribution < -0.4 is 4.90 Å². The van der Waals surface area contributed by atoms with Crippen molar-refractivity contribution in [3.63, 3.8) is 0 Å². The molecular weight excluding hydrogens is 771 g/mol. The van der Waals surface area contributed by atoms with Crippen LogP contribution >= 0.6 is 0 Å². The Balaban J connectivity index is 0.000000201. The first-order chi connectivity index (χ1) is 28.5. The van der Waals surface area contributed by atoms with Crippen LogP contribution in [0.4, 0.5) is 16.2 Å². The molecule has 4 heterocycles. The number of nitrogens with zero attached hydrogens (tertiary/aromatic N) is 7. The Morgan fingerprint density at radius 1 is 1.03 bits per heavy atom. The average Bonchev–Trinajstić information content (AvgIpc) is 3.65. The lowest BCUT2D eigenvalue weighted by atomic mass is 9.65. The minimum absolute atomic E-state index is 0.0949. The SMILES string of the molecule is CCC(C)(C)C(=O)O[C@H]1C[C@@H](C)C=C2C=C[C@H](C)[C@H](CC[C@@H]3C[C@@H](O)CC(=O)O3)[C@H]21.CN1C(=O)C2C(N=CN2CCN2CCN(c3ccc([N+](=O)[O-])cc3)CC2)N(C)C1=O. The van der Waals surface area contributed by atoms with Gasteiger partial charge in [0.05, 0.1) is 29.2 Å². The number of aliphatic hydroxyl groups excluding tert-OH is 1. The normalized spacial score (nSPS) is 30.6. The minimum atomic E-state index is -0.601. The summed E-state index contributed by atoms with van der Waals surface area (Å²) >= 11 is 0. The van der Waals surface area contributed by atoms with Crippen molar-refractivity contribution in [1.82, 2.24) is 19.6 Å². The molecule has 3 amide bonds. The van der Waals surface area contributed by atoms with Gasteiger partial charge in [-0.15, -0.1) is 0 Å². The number of amides is 3. The van der Waals surface area contributed by atoms with Crippen LogP contribution in [0.2, 0.25) is 0 Å². The quantitative estimate of drug-likeness (QED) is 0.182. The number of aliphatic hydroxyl groups is 1. The summed E-state index contributed by atoms with van der Waals surface area (Å²) < 4.78 is 11.6. The summed E-state index contributed by atoms with van der Waals surface area (Å²) in [6.07, 6.45) is 10.8. The van der Waals surface area contributed by atoms with Crippen molar-refractivity contribution in [2.24, 2.45) is 34.1 Å². The first-order valence-electron chi connectivity index (χ1n) is 21.5. The topological polar surface area (TPSA) is 179 Å². The number of piperazine rings is 1. The van der Waals surface area contributed by atoms with Crippen LogP contribution in [0.5, 0.6) is 0 Å². The van der Waals surface area contributed by atoms with Crippen LogP contribution in [0.3, 0.4) is 0 Å². The number of non-ortho nitro benzene ring substituents is 1. The number of fused-ring (bicyclic) bond motifs is 2. The Kier molecular flexibility index (Phi) is 14.0. The molecule has 0 spiro atoms. The highest BCUT2D eigenvalue weighted by Crippen LogP contribution is 2.46. The number of nitro groups is 1. The fourth-order valence-corrected chi connectivity index (χ4v) is 9.25. The van der Waals surface area contributed by atoms with E-state index in [2.05, 4.69) is 46.9 Å². The van der Waals surface area contributed by atoms with Crippen molar-refractivity contribution in [3.8, 4) is 0 Å². The molecule has 60 heavy (non-hydrogen) atoms. The molecule has 4 aliphatic heterocycles. The number of nitro benzene ring substituents is 1. The number of imide groups is 1. The molecule has 9 atom stereocenters. The lowest BCUT2D eigenvalue weighted by Crippen LogP contribution is -2.64. The van der Waals surface area contributed by atoms with Crippen molar-refractivity contribution in [1.29, 1.82) is 0 Å². The van der Waals surface area contributed by atoms with Crippen molar-refractivity contribution in [2.75, 3.05) is 58.3 Å². The van der Waals surface area contributed by atoms with Gasteiger partial charge in [-0.05, 0) is 75.0 Å². The zero-order valence-electron chi connectivity index (χ0n) is 36.1. The monoisotopic (exact) mass is 833 g/mol. The molecule has 0 aromatic heterocycles. The van der Waals surface area contributed by atoms with E-state index in [1.807, 2.05) is 25.7 Å². The lowest BCUT2D eigenvalue weighted by Gasteiger charge is -2.44. The third-order valence-corrected chi connectivity index (χ3v) is 13.4. The van der Waals surface area contributed by atoms with Crippen molar-refractivity contribution in [2.45, 2.75) is 104 Å². The van der Waals surface area contributed by atoms with E-state index in [4.69, 9.17) is 9.47 Å². The Hall–Kier alpha value is -4.83. The second-order valence-electron chi connectivity index (χ2n) is 18.0. The van der Waals surface area contributed by atoms with E-state index >= 15 is 0 Å². The van der Waals surface area contributed by atoms with Crippen LogP contribution in [-0.4, -0.2) is 144 Å². The lowest BCUT2D eigenvalue weighted by molar-refractivity contribution is -0.384. The number of esters is 2. The van der Waals surface area contributed by atoms with Gasteiger partial charge < -0.3 is 29.3 Å². The van der Waals surface area contributed by atoms with Crippen LogP contribution in [0.1, 0.15) is 73.1 Å². The second kappa shape index (κ2) is 18.8. The molecule has 328 valence electrons. The zero-order valence-corrected chi connectivity index (χ0v) is 36.1. The fourth-order valence-electron chi connectivity index (χ4n) is 9.25. The summed E-state index contributed by atoms with van der Waals surface area (Å²) in [7, 11) is 3.17. The summed E-state index contributed by atoms with van der Waals surface area (Å²) in [6, 6.07) is 5.85. The molecule has 2 unspecified atom stereocenters. The molecule has 1 aromatic carbocycles. The third kappa shape index (κ3) is 10.0. The molecule has 0 bridgehead atoms. The Labute approximate surface area is 353 Å². The highest BCUT2D eigenvalue weighted by atomic mass is 16.6. The molecular formula is C44H63N7O9. The second-order valence-corrected chi connectivity index (χ2v) is 18.0. The molecule has 16 nitrogen and oxygen atoms in total. The van der Waals surface area contributed by atoms with Gasteiger partial charge in [0.2, 0.25) is 0 Å². The number of aliphatic imine (C=N–C) groups is 1. The highest BCUT2D eigenvalue weighted by molar-refractivity contribution is 6.01. The number of hydrogen-bond acceptors (Lipinski definition) is 13. The molecule has 0 radical (unpaired) electrons. The van der Waals surface area contributed by atoms with Gasteiger partial charge in [0, 0.05) is 83.5 Å². The summed E-state index contributed by atoms with van der Waals surface area (Å²) in [5, 5.41) is 20.7. The van der Waals surface area contributed by atoms with Gasteiger partial charge in [-0.2, -0.15) is 0 Å². The maximum absolute atomic E-state index is 12.9. The van der Waals surface area contributed by atoms with Crippen molar-refractivity contribution in [3.05, 3.63) is 58.2 Å². The predicted molar refractivity (Wildman–Crippen MR) is 226 cm³/mol. The van der Waals surface area contributed by atoms with Gasteiger partial charge in [0.15, 0.2) is 12.2 Å². The highest BCUT2D eigenvalue weighted by Gasteiger charge is 2.48. The molecule has 16 heteroatoms. The van der Waals surface area contributed by atoms with Gasteiger partial charge in [-0.25, -0.2) is 9.79 Å². The Morgan fingerprint density at radius 2 is 1.73 bits per heavy atom. The summed E-state index contributed by atoms with van der Waals surface area (Å²) in [6.45, 7) is 15.1. The molecule has 7 rings (SSSR count). The number of carbonyl (C=O) groups excluding carboxylic acids is 4. The number of rotatable bonds is 11. The number of likely N-dealkylation sites (N-methyl/N-ethyl adjacent to an activating group) is 2. The van der Waals surface area contributed by atoms with Gasteiger partial charge in [-0.1, -0.05) is 39.0 Å². The minimum Gasteiger partial charge on any atom is -0.462 e. The van der Waals surface area contributed by atoms with Crippen LogP contribution in [-0.2, 0) is 23.9 Å². The summed E-state index contributed by atoms with van der Waals surface area (Å²) in [4.78, 5) is 73.1. The van der Waals surface area contributed by atoms with Gasteiger partial charge in [-0.3, -0.25) is 34.3 Å². The summed E-state index contributed by atoms with van der Waals surface area (Å²) in [5.74, 6) is 0.557. The standard InChI is InChI=1S/C25H38O5.C19H25N7O4/c1-6-25(4,5)24(28)30-21-12-15(2)11-17-8-7-16(3)20(23(17)21)10-9-19-13-18(26)14-22(27)29-19;1-21-17-16(18(27)22(2)19(21)28)25(13-20-17)12-9-23-7-10-24(11-8-23)14-3-5-15(6-4-14)26(29)30/h7-8,11,15-16,18-21,23,26H,6,9-10,12-14H2,1-5H3;3-6,13,16-17H,7-12H2,1-2H3/t15-,16-,18+,19+,20-,21-,23-;/m0./s1. The van der Waals surface area contributed by atoms with E-state index in [-0.39, 0.29) is 54.1 Å². The van der Waals surface area contributed by atoms with Gasteiger partial charge in [0.25, 0.3) is 11.6 Å². The maximum atomic E-state index is 12.9. The number of benzene rings is 1. The maximum Gasteiger partial charge on any atom is 0.328 e. The number of carbonyl (C=O) groups is 4. The number of anilines is 1. The molecule has 6 aliphatic rings. The van der Waals surface area contributed by atoms with Crippen LogP contribution in [0.15, 0.2) is 53.1 Å². The van der Waals surface area contributed by atoms with Crippen LogP contribution in [0.25, 0.3) is 0 Å². The third-order valence-electron chi connectivity index (χ3n) is 13.4. The van der Waals surface area contributed by atoms with E-state index in [0.29, 0.717) is 30.7 Å².